The average Bonchev–Trinajstić information content (AvgIpc) is 2.43. The van der Waals surface area contributed by atoms with Crippen molar-refractivity contribution in [2.45, 2.75) is 6.42 Å². The van der Waals surface area contributed by atoms with Crippen LogP contribution in [0, 0.1) is 0 Å². The zero-order valence-electron chi connectivity index (χ0n) is 10.8. The second-order valence-electron chi connectivity index (χ2n) is 3.55. The van der Waals surface area contributed by atoms with Gasteiger partial charge in [0.1, 0.15) is 5.75 Å². The van der Waals surface area contributed by atoms with Crippen molar-refractivity contribution in [1.82, 2.24) is 0 Å². The molecule has 0 aliphatic rings. The number of rotatable bonds is 6. The molecule has 104 valence electrons. The topological polar surface area (TPSA) is 97.6 Å². The first kappa shape index (κ1) is 14.6. The van der Waals surface area contributed by atoms with Crippen molar-refractivity contribution in [3.63, 3.8) is 0 Å². The second kappa shape index (κ2) is 6.48. The molecule has 0 unspecified atom stereocenters. The third-order valence-electron chi connectivity index (χ3n) is 2.51. The van der Waals surface area contributed by atoms with E-state index in [0.29, 0.717) is 22.8 Å². The molecule has 0 amide bonds. The quantitative estimate of drug-likeness (QED) is 0.457. The number of oxime groups is 1. The highest BCUT2D eigenvalue weighted by molar-refractivity contribution is 6.35. The van der Waals surface area contributed by atoms with E-state index in [1.54, 1.807) is 12.1 Å². The number of hydrogen-bond acceptors (Lipinski definition) is 6. The zero-order chi connectivity index (χ0) is 14.4. The SMILES string of the molecule is COc1cc(OC)c(OC)cc1C/C(=N/O)C(=O)O. The van der Waals surface area contributed by atoms with Crippen molar-refractivity contribution >= 4 is 11.7 Å². The molecule has 0 atom stereocenters. The van der Waals surface area contributed by atoms with Gasteiger partial charge in [0.15, 0.2) is 17.2 Å². The summed E-state index contributed by atoms with van der Waals surface area (Å²) in [6.07, 6.45) is -0.102. The summed E-state index contributed by atoms with van der Waals surface area (Å²) in [5, 5.41) is 20.2. The van der Waals surface area contributed by atoms with E-state index in [-0.39, 0.29) is 6.42 Å². The minimum absolute atomic E-state index is 0.102. The van der Waals surface area contributed by atoms with Crippen molar-refractivity contribution in [1.29, 1.82) is 0 Å². The molecule has 0 saturated heterocycles. The van der Waals surface area contributed by atoms with Gasteiger partial charge in [-0.15, -0.1) is 0 Å². The lowest BCUT2D eigenvalue weighted by atomic mass is 10.1. The molecule has 2 N–H and O–H groups in total. The van der Waals surface area contributed by atoms with Gasteiger partial charge in [-0.25, -0.2) is 4.79 Å². The summed E-state index contributed by atoms with van der Waals surface area (Å²) < 4.78 is 15.4. The summed E-state index contributed by atoms with van der Waals surface area (Å²) in [5.41, 5.74) is 0.112. The van der Waals surface area contributed by atoms with Crippen LogP contribution in [0.15, 0.2) is 17.3 Å². The van der Waals surface area contributed by atoms with Gasteiger partial charge in [-0.1, -0.05) is 5.16 Å². The third-order valence-corrected chi connectivity index (χ3v) is 2.51. The lowest BCUT2D eigenvalue weighted by molar-refractivity contribution is -0.129. The number of benzene rings is 1. The largest absolute Gasteiger partial charge is 0.496 e. The van der Waals surface area contributed by atoms with Gasteiger partial charge in [-0.3, -0.25) is 0 Å². The summed E-state index contributed by atoms with van der Waals surface area (Å²) in [6, 6.07) is 3.15. The Kier molecular flexibility index (Phi) is 4.99. The van der Waals surface area contributed by atoms with Crippen molar-refractivity contribution in [2.24, 2.45) is 5.16 Å². The number of methoxy groups -OCH3 is 3. The number of carboxylic acids is 1. The van der Waals surface area contributed by atoms with E-state index < -0.39 is 11.7 Å². The summed E-state index contributed by atoms with van der Waals surface area (Å²) in [7, 11) is 4.39. The molecule has 7 heteroatoms. The Morgan fingerprint density at radius 3 is 2.05 bits per heavy atom. The Bertz CT molecular complexity index is 497. The van der Waals surface area contributed by atoms with Gasteiger partial charge in [0.2, 0.25) is 0 Å². The van der Waals surface area contributed by atoms with Crippen LogP contribution in [0.3, 0.4) is 0 Å². The van der Waals surface area contributed by atoms with Crippen LogP contribution in [-0.4, -0.2) is 43.3 Å². The van der Waals surface area contributed by atoms with Gasteiger partial charge in [-0.05, 0) is 6.07 Å². The van der Waals surface area contributed by atoms with Crippen LogP contribution in [-0.2, 0) is 11.2 Å². The molecule has 0 heterocycles. The van der Waals surface area contributed by atoms with Gasteiger partial charge in [0.25, 0.3) is 0 Å². The third kappa shape index (κ3) is 3.27. The minimum Gasteiger partial charge on any atom is -0.496 e. The van der Waals surface area contributed by atoms with E-state index >= 15 is 0 Å². The molecular weight excluding hydrogens is 254 g/mol. The molecule has 0 saturated carbocycles. The second-order valence-corrected chi connectivity index (χ2v) is 3.55. The Morgan fingerprint density at radius 1 is 1.11 bits per heavy atom. The highest BCUT2D eigenvalue weighted by atomic mass is 16.5. The lowest BCUT2D eigenvalue weighted by Crippen LogP contribution is -2.16. The summed E-state index contributed by atoms with van der Waals surface area (Å²) in [5.74, 6) is 0.00118. The van der Waals surface area contributed by atoms with Crippen LogP contribution in [0.5, 0.6) is 17.2 Å². The van der Waals surface area contributed by atoms with Crippen LogP contribution in [0.25, 0.3) is 0 Å². The van der Waals surface area contributed by atoms with E-state index in [9.17, 15) is 4.79 Å². The first-order valence-electron chi connectivity index (χ1n) is 5.30. The van der Waals surface area contributed by atoms with Gasteiger partial charge < -0.3 is 24.5 Å². The van der Waals surface area contributed by atoms with Crippen LogP contribution in [0.4, 0.5) is 0 Å². The maximum absolute atomic E-state index is 10.8. The number of hydrogen-bond donors (Lipinski definition) is 2. The van der Waals surface area contributed by atoms with Crippen LogP contribution >= 0.6 is 0 Å². The monoisotopic (exact) mass is 269 g/mol. The fraction of sp³-hybridized carbons (Fsp3) is 0.333. The predicted octanol–water partition coefficient (Wildman–Crippen LogP) is 1.17. The molecule has 0 spiro atoms. The van der Waals surface area contributed by atoms with Crippen molar-refractivity contribution in [3.05, 3.63) is 17.7 Å². The molecule has 7 nitrogen and oxygen atoms in total. The van der Waals surface area contributed by atoms with Gasteiger partial charge in [0.05, 0.1) is 21.3 Å². The summed E-state index contributed by atoms with van der Waals surface area (Å²) in [6.45, 7) is 0. The molecule has 1 rings (SSSR count). The highest BCUT2D eigenvalue weighted by Gasteiger charge is 2.17. The molecule has 0 radical (unpaired) electrons. The Balaban J connectivity index is 3.22. The Morgan fingerprint density at radius 2 is 1.63 bits per heavy atom. The average molecular weight is 269 g/mol. The Hall–Kier alpha value is -2.44. The fourth-order valence-electron chi connectivity index (χ4n) is 1.56. The highest BCUT2D eigenvalue weighted by Crippen LogP contribution is 2.34. The van der Waals surface area contributed by atoms with Gasteiger partial charge >= 0.3 is 5.97 Å². The van der Waals surface area contributed by atoms with E-state index in [1.165, 1.54) is 21.3 Å². The van der Waals surface area contributed by atoms with Crippen molar-refractivity contribution in [2.75, 3.05) is 21.3 Å². The van der Waals surface area contributed by atoms with E-state index in [2.05, 4.69) is 5.16 Å². The smallest absolute Gasteiger partial charge is 0.354 e. The van der Waals surface area contributed by atoms with Crippen molar-refractivity contribution in [3.8, 4) is 17.2 Å². The number of aliphatic carboxylic acids is 1. The molecule has 0 aromatic heterocycles. The maximum atomic E-state index is 10.8. The number of ether oxygens (including phenoxy) is 3. The number of carboxylic acid groups (broad SMARTS) is 1. The first-order chi connectivity index (χ1) is 9.07. The molecule has 19 heavy (non-hydrogen) atoms. The fourth-order valence-corrected chi connectivity index (χ4v) is 1.56. The van der Waals surface area contributed by atoms with Crippen LogP contribution in [0.1, 0.15) is 5.56 Å². The van der Waals surface area contributed by atoms with Crippen LogP contribution < -0.4 is 14.2 Å². The molecule has 0 aliphatic heterocycles. The molecule has 0 fully saturated rings. The van der Waals surface area contributed by atoms with Gasteiger partial charge in [-0.2, -0.15) is 0 Å². The van der Waals surface area contributed by atoms with E-state index in [4.69, 9.17) is 24.5 Å². The maximum Gasteiger partial charge on any atom is 0.354 e. The normalized spacial score (nSPS) is 11.0. The standard InChI is InChI=1S/C12H15NO6/c1-17-9-6-11(19-3)10(18-2)5-7(9)4-8(13-16)12(14)15/h5-6,16H,4H2,1-3H3,(H,14,15)/b13-8-. The van der Waals surface area contributed by atoms with Crippen molar-refractivity contribution < 1.29 is 29.3 Å². The Labute approximate surface area is 110 Å². The number of carbonyl (C=O) groups is 1. The molecule has 1 aromatic rings. The van der Waals surface area contributed by atoms with E-state index in [1.807, 2.05) is 0 Å². The first-order valence-corrected chi connectivity index (χ1v) is 5.30. The van der Waals surface area contributed by atoms with Gasteiger partial charge in [0, 0.05) is 18.1 Å². The lowest BCUT2D eigenvalue weighted by Gasteiger charge is -2.13. The molecule has 0 bridgehead atoms. The summed E-state index contributed by atoms with van der Waals surface area (Å²) >= 11 is 0. The molecule has 0 aliphatic carbocycles. The van der Waals surface area contributed by atoms with Crippen LogP contribution in [0.2, 0.25) is 0 Å². The predicted molar refractivity (Wildman–Crippen MR) is 66.7 cm³/mol. The molecule has 1 aromatic carbocycles. The summed E-state index contributed by atoms with van der Waals surface area (Å²) in [4.78, 5) is 10.8. The minimum atomic E-state index is -1.31. The van der Waals surface area contributed by atoms with E-state index in [0.717, 1.165) is 0 Å². The zero-order valence-corrected chi connectivity index (χ0v) is 10.8. The molecular formula is C12H15NO6. The number of nitrogens with zero attached hydrogens (tertiary/aromatic N) is 1.